The maximum Gasteiger partial charge on any atom is 0.469 e. The highest BCUT2D eigenvalue weighted by atomic mass is 35.5. The fraction of sp³-hybridized carbons (Fsp3) is 1.00. The molecule has 0 heterocycles. The zero-order valence-electron chi connectivity index (χ0n) is 11.3. The van der Waals surface area contributed by atoms with Crippen LogP contribution in [0.1, 0.15) is 71.1 Å². The van der Waals surface area contributed by atoms with Crippen LogP contribution in [0.2, 0.25) is 0 Å². The van der Waals surface area contributed by atoms with Gasteiger partial charge in [0.1, 0.15) is 0 Å². The Balaban J connectivity index is 0. The third-order valence-corrected chi connectivity index (χ3v) is 3.28. The summed E-state index contributed by atoms with van der Waals surface area (Å²) in [6.45, 7) is 2.39. The Bertz CT molecular complexity index is 208. The molecule has 6 heteroatoms. The Kier molecular flexibility index (Phi) is 15.9. The highest BCUT2D eigenvalue weighted by Gasteiger charge is 2.12. The van der Waals surface area contributed by atoms with E-state index >= 15 is 0 Å². The topological polar surface area (TPSA) is 66.8 Å². The van der Waals surface area contributed by atoms with Crippen LogP contribution in [0.3, 0.4) is 0 Å². The highest BCUT2D eigenvalue weighted by molar-refractivity contribution is 7.46. The minimum Gasteiger partial charge on any atom is -0.303 e. The van der Waals surface area contributed by atoms with Gasteiger partial charge in [0.2, 0.25) is 0 Å². The molecule has 0 saturated carbocycles. The summed E-state index contributed by atoms with van der Waals surface area (Å²) in [7, 11) is -4.24. The molecule has 0 aromatic heterocycles. The van der Waals surface area contributed by atoms with Crippen LogP contribution >= 0.6 is 20.2 Å². The van der Waals surface area contributed by atoms with E-state index in [2.05, 4.69) is 11.4 Å². The molecule has 4 nitrogen and oxygen atoms in total. The quantitative estimate of drug-likeness (QED) is 0.413. The van der Waals surface area contributed by atoms with Crippen molar-refractivity contribution in [2.24, 2.45) is 0 Å². The third-order valence-electron chi connectivity index (χ3n) is 2.76. The normalized spacial score (nSPS) is 11.3. The Morgan fingerprint density at radius 2 is 1.22 bits per heavy atom. The summed E-state index contributed by atoms with van der Waals surface area (Å²) in [5.41, 5.74) is 0. The first-order valence-electron chi connectivity index (χ1n) is 6.76. The van der Waals surface area contributed by atoms with Crippen molar-refractivity contribution in [3.8, 4) is 0 Å². The van der Waals surface area contributed by atoms with Crippen molar-refractivity contribution >= 4 is 20.2 Å². The maximum atomic E-state index is 10.4. The number of halogens is 1. The fourth-order valence-corrected chi connectivity index (χ4v) is 2.14. The highest BCUT2D eigenvalue weighted by Crippen LogP contribution is 2.35. The predicted molar refractivity (Wildman–Crippen MR) is 77.1 cm³/mol. The number of unbranched alkanes of at least 4 members (excludes halogenated alkanes) is 9. The standard InChI is InChI=1S/C12H27O4P.ClH/c1-2-3-4-5-6-7-8-9-10-11-12-16-17(13,14)15;/h2-12H2,1H3,(H2,13,14,15);1H. The predicted octanol–water partition coefficient (Wildman–Crippen LogP) is 4.44. The van der Waals surface area contributed by atoms with Crippen molar-refractivity contribution < 1.29 is 18.9 Å². The first-order chi connectivity index (χ1) is 8.06. The number of phosphoric acid groups is 1. The molecule has 0 aliphatic carbocycles. The van der Waals surface area contributed by atoms with Gasteiger partial charge in [-0.25, -0.2) is 4.57 Å². The van der Waals surface area contributed by atoms with E-state index < -0.39 is 7.82 Å². The van der Waals surface area contributed by atoms with Crippen molar-refractivity contribution in [1.82, 2.24) is 0 Å². The van der Waals surface area contributed by atoms with Crippen LogP contribution in [-0.4, -0.2) is 16.4 Å². The molecule has 0 radical (unpaired) electrons. The second kappa shape index (κ2) is 13.8. The molecule has 0 aliphatic rings. The molecule has 0 aliphatic heterocycles. The van der Waals surface area contributed by atoms with Gasteiger partial charge in [-0.1, -0.05) is 64.7 Å². The maximum absolute atomic E-state index is 10.4. The summed E-state index contributed by atoms with van der Waals surface area (Å²) < 4.78 is 14.7. The van der Waals surface area contributed by atoms with Gasteiger partial charge in [0.15, 0.2) is 0 Å². The zero-order valence-corrected chi connectivity index (χ0v) is 13.1. The van der Waals surface area contributed by atoms with E-state index in [4.69, 9.17) is 9.79 Å². The molecule has 0 fully saturated rings. The van der Waals surface area contributed by atoms with E-state index in [-0.39, 0.29) is 19.0 Å². The van der Waals surface area contributed by atoms with Crippen LogP contribution in [-0.2, 0) is 9.09 Å². The molecular formula is C12H28ClO4P. The van der Waals surface area contributed by atoms with E-state index in [1.165, 1.54) is 44.9 Å². The second-order valence-corrected chi connectivity index (χ2v) is 5.75. The lowest BCUT2D eigenvalue weighted by atomic mass is 10.1. The molecule has 0 aromatic rings. The Labute approximate surface area is 117 Å². The summed E-state index contributed by atoms with van der Waals surface area (Å²) >= 11 is 0. The number of hydrogen-bond donors (Lipinski definition) is 2. The third kappa shape index (κ3) is 18.8. The summed E-state index contributed by atoms with van der Waals surface area (Å²) in [4.78, 5) is 16.9. The molecule has 0 aromatic carbocycles. The van der Waals surface area contributed by atoms with Gasteiger partial charge < -0.3 is 9.79 Å². The van der Waals surface area contributed by atoms with Crippen molar-refractivity contribution in [2.75, 3.05) is 6.61 Å². The first kappa shape index (κ1) is 20.7. The van der Waals surface area contributed by atoms with Crippen molar-refractivity contribution in [3.63, 3.8) is 0 Å². The van der Waals surface area contributed by atoms with Crippen LogP contribution in [0, 0.1) is 0 Å². The van der Waals surface area contributed by atoms with Crippen LogP contribution in [0.5, 0.6) is 0 Å². The Morgan fingerprint density at radius 1 is 0.833 bits per heavy atom. The van der Waals surface area contributed by atoms with E-state index in [0.29, 0.717) is 0 Å². The molecule has 112 valence electrons. The summed E-state index contributed by atoms with van der Waals surface area (Å²) in [6.07, 6.45) is 12.0. The number of hydrogen-bond acceptors (Lipinski definition) is 2. The van der Waals surface area contributed by atoms with Gasteiger partial charge in [-0.3, -0.25) is 4.52 Å². The van der Waals surface area contributed by atoms with Crippen molar-refractivity contribution in [3.05, 3.63) is 0 Å². The number of rotatable bonds is 12. The number of phosphoric ester groups is 1. The average molecular weight is 303 g/mol. The van der Waals surface area contributed by atoms with Crippen molar-refractivity contribution in [2.45, 2.75) is 71.1 Å². The fourth-order valence-electron chi connectivity index (χ4n) is 1.77. The molecule has 0 saturated heterocycles. The molecule has 0 atom stereocenters. The van der Waals surface area contributed by atoms with E-state index in [9.17, 15) is 4.57 Å². The van der Waals surface area contributed by atoms with Gasteiger partial charge in [0, 0.05) is 0 Å². The summed E-state index contributed by atoms with van der Waals surface area (Å²) in [5, 5.41) is 0. The lowest BCUT2D eigenvalue weighted by Crippen LogP contribution is -1.92. The smallest absolute Gasteiger partial charge is 0.303 e. The zero-order chi connectivity index (χ0) is 13.0. The van der Waals surface area contributed by atoms with Gasteiger partial charge in [-0.15, -0.1) is 12.4 Å². The first-order valence-corrected chi connectivity index (χ1v) is 8.29. The molecular weight excluding hydrogens is 275 g/mol. The minimum atomic E-state index is -4.24. The van der Waals surface area contributed by atoms with Gasteiger partial charge >= 0.3 is 7.82 Å². The van der Waals surface area contributed by atoms with Crippen LogP contribution in [0.4, 0.5) is 0 Å². The van der Waals surface area contributed by atoms with Crippen molar-refractivity contribution in [1.29, 1.82) is 0 Å². The van der Waals surface area contributed by atoms with Crippen LogP contribution in [0.15, 0.2) is 0 Å². The van der Waals surface area contributed by atoms with Crippen LogP contribution < -0.4 is 0 Å². The minimum absolute atomic E-state index is 0. The molecule has 18 heavy (non-hydrogen) atoms. The Hall–Kier alpha value is 0.400. The lowest BCUT2D eigenvalue weighted by Gasteiger charge is -2.05. The van der Waals surface area contributed by atoms with E-state index in [0.717, 1.165) is 19.3 Å². The Morgan fingerprint density at radius 3 is 1.61 bits per heavy atom. The summed E-state index contributed by atoms with van der Waals surface area (Å²) in [6, 6.07) is 0. The molecule has 0 rings (SSSR count). The van der Waals surface area contributed by atoms with Gasteiger partial charge in [-0.05, 0) is 6.42 Å². The lowest BCUT2D eigenvalue weighted by molar-refractivity contribution is 0.193. The second-order valence-electron chi connectivity index (χ2n) is 4.51. The molecule has 0 amide bonds. The van der Waals surface area contributed by atoms with E-state index in [1.807, 2.05) is 0 Å². The van der Waals surface area contributed by atoms with Crippen LogP contribution in [0.25, 0.3) is 0 Å². The van der Waals surface area contributed by atoms with Gasteiger partial charge in [-0.2, -0.15) is 0 Å². The van der Waals surface area contributed by atoms with Gasteiger partial charge in [0.25, 0.3) is 0 Å². The molecule has 0 bridgehead atoms. The molecule has 0 spiro atoms. The SMILES string of the molecule is CCCCCCCCCCCCOP(=O)(O)O.Cl. The molecule has 2 N–H and O–H groups in total. The summed E-state index contributed by atoms with van der Waals surface area (Å²) in [5.74, 6) is 0. The van der Waals surface area contributed by atoms with E-state index in [1.54, 1.807) is 0 Å². The largest absolute Gasteiger partial charge is 0.469 e. The monoisotopic (exact) mass is 302 g/mol. The average Bonchev–Trinajstić information content (AvgIpc) is 2.24. The van der Waals surface area contributed by atoms with Gasteiger partial charge in [0.05, 0.1) is 6.61 Å². The molecule has 0 unspecified atom stereocenters.